The number of nitrogens with two attached hydrogens (primary N) is 1. The van der Waals surface area contributed by atoms with E-state index in [1.807, 2.05) is 0 Å². The number of anilines is 1. The van der Waals surface area contributed by atoms with Gasteiger partial charge in [0, 0.05) is 6.20 Å². The summed E-state index contributed by atoms with van der Waals surface area (Å²) in [7, 11) is -17.0. The summed E-state index contributed by atoms with van der Waals surface area (Å²) in [6.07, 6.45) is -5.29. The van der Waals surface area contributed by atoms with E-state index in [9.17, 15) is 32.9 Å². The fraction of sp³-hybridized carbons (Fsp3) is 0.600. The third-order valence-electron chi connectivity index (χ3n) is 3.71. The van der Waals surface area contributed by atoms with Crippen molar-refractivity contribution in [3.8, 4) is 0 Å². The number of aliphatic hydroxyl groups excluding tert-OH is 1. The highest BCUT2D eigenvalue weighted by atomic mass is 35.5. The Balaban J connectivity index is 2.20. The van der Waals surface area contributed by atoms with Gasteiger partial charge in [0.1, 0.15) is 17.5 Å². The van der Waals surface area contributed by atoms with Crippen LogP contribution in [0.1, 0.15) is 6.23 Å². The van der Waals surface area contributed by atoms with Gasteiger partial charge in [0.25, 0.3) is 0 Å². The van der Waals surface area contributed by atoms with Gasteiger partial charge in [-0.3, -0.25) is 9.09 Å². The SMILES string of the molecule is Nc1ccn(C2OC(CCl)(COP(=O)(O)OP(=O)(O)OP(=O)(O)O)C(O)C2F)c(=O)n1. The lowest BCUT2D eigenvalue weighted by atomic mass is 9.99. The molecule has 1 saturated heterocycles. The maximum Gasteiger partial charge on any atom is 0.490 e. The zero-order chi connectivity index (χ0) is 23.8. The fourth-order valence-electron chi connectivity index (χ4n) is 2.41. The van der Waals surface area contributed by atoms with Gasteiger partial charge in [0.15, 0.2) is 12.4 Å². The highest BCUT2D eigenvalue weighted by Gasteiger charge is 2.57. The summed E-state index contributed by atoms with van der Waals surface area (Å²) >= 11 is 5.69. The van der Waals surface area contributed by atoms with Gasteiger partial charge >= 0.3 is 29.2 Å². The van der Waals surface area contributed by atoms with E-state index in [1.54, 1.807) is 0 Å². The highest BCUT2D eigenvalue weighted by Crippen LogP contribution is 2.66. The summed E-state index contributed by atoms with van der Waals surface area (Å²) in [5, 5.41) is 10.2. The molecule has 16 nitrogen and oxygen atoms in total. The molecule has 0 saturated carbocycles. The minimum Gasteiger partial charge on any atom is -0.387 e. The fourth-order valence-corrected chi connectivity index (χ4v) is 5.79. The van der Waals surface area contributed by atoms with Crippen LogP contribution in [0, 0.1) is 0 Å². The van der Waals surface area contributed by atoms with Crippen LogP contribution < -0.4 is 11.4 Å². The third kappa shape index (κ3) is 6.62. The molecule has 0 bridgehead atoms. The normalized spacial score (nSPS) is 30.6. The molecule has 6 atom stereocenters. The molecular formula is C10H16ClFN3O13P3. The zero-order valence-corrected chi connectivity index (χ0v) is 18.3. The predicted molar refractivity (Wildman–Crippen MR) is 97.2 cm³/mol. The molecule has 31 heavy (non-hydrogen) atoms. The Bertz CT molecular complexity index is 1020. The first-order chi connectivity index (χ1) is 14.0. The minimum absolute atomic E-state index is 0.188. The Hall–Kier alpha value is -0.770. The molecule has 0 spiro atoms. The number of nitrogens with zero attached hydrogens (tertiary/aromatic N) is 2. The molecule has 0 amide bonds. The van der Waals surface area contributed by atoms with E-state index in [2.05, 4.69) is 18.1 Å². The molecule has 2 heterocycles. The van der Waals surface area contributed by atoms with Crippen molar-refractivity contribution in [2.45, 2.75) is 24.1 Å². The molecule has 178 valence electrons. The van der Waals surface area contributed by atoms with Crippen LogP contribution in [0.15, 0.2) is 17.1 Å². The van der Waals surface area contributed by atoms with Gasteiger partial charge in [-0.05, 0) is 6.07 Å². The number of phosphoric ester groups is 1. The predicted octanol–water partition coefficient (Wildman–Crippen LogP) is -0.626. The number of halogens is 2. The number of hydrogen-bond donors (Lipinski definition) is 6. The monoisotopic (exact) mass is 533 g/mol. The topological polar surface area (TPSA) is 250 Å². The molecule has 2 rings (SSSR count). The van der Waals surface area contributed by atoms with E-state index in [4.69, 9.17) is 36.8 Å². The van der Waals surface area contributed by atoms with Crippen LogP contribution in [0.5, 0.6) is 0 Å². The van der Waals surface area contributed by atoms with Crippen LogP contribution in [0.25, 0.3) is 0 Å². The Morgan fingerprint density at radius 1 is 1.26 bits per heavy atom. The van der Waals surface area contributed by atoms with Gasteiger partial charge < -0.3 is 35.2 Å². The smallest absolute Gasteiger partial charge is 0.387 e. The number of aromatic nitrogens is 2. The first-order valence-electron chi connectivity index (χ1n) is 7.70. The largest absolute Gasteiger partial charge is 0.490 e. The molecular weight excluding hydrogens is 517 g/mol. The average Bonchev–Trinajstić information content (AvgIpc) is 2.82. The van der Waals surface area contributed by atoms with Crippen LogP contribution in [-0.2, 0) is 31.6 Å². The zero-order valence-electron chi connectivity index (χ0n) is 14.9. The minimum atomic E-state index is -5.80. The first-order valence-corrected chi connectivity index (χ1v) is 12.8. The number of alkyl halides is 2. The van der Waals surface area contributed by atoms with Crippen LogP contribution in [0.2, 0.25) is 0 Å². The van der Waals surface area contributed by atoms with Gasteiger partial charge in [-0.25, -0.2) is 22.9 Å². The summed E-state index contributed by atoms with van der Waals surface area (Å²) in [6.45, 7) is -1.24. The number of phosphoric acid groups is 3. The Labute approximate surface area is 176 Å². The van der Waals surface area contributed by atoms with E-state index in [-0.39, 0.29) is 5.82 Å². The third-order valence-corrected chi connectivity index (χ3v) is 7.94. The molecule has 1 aliphatic rings. The van der Waals surface area contributed by atoms with Crippen molar-refractivity contribution in [1.82, 2.24) is 9.55 Å². The van der Waals surface area contributed by atoms with Crippen LogP contribution in [0.3, 0.4) is 0 Å². The Kier molecular flexibility index (Phi) is 7.89. The van der Waals surface area contributed by atoms with Crippen molar-refractivity contribution in [1.29, 1.82) is 0 Å². The Morgan fingerprint density at radius 2 is 1.87 bits per heavy atom. The van der Waals surface area contributed by atoms with Crippen molar-refractivity contribution in [2.75, 3.05) is 18.2 Å². The molecule has 1 aromatic heterocycles. The lowest BCUT2D eigenvalue weighted by Gasteiger charge is -2.29. The Morgan fingerprint density at radius 3 is 2.39 bits per heavy atom. The molecule has 1 aromatic rings. The number of rotatable bonds is 9. The number of nitrogen functional groups attached to an aromatic ring is 1. The lowest BCUT2D eigenvalue weighted by molar-refractivity contribution is -0.113. The lowest BCUT2D eigenvalue weighted by Crippen LogP contribution is -2.47. The van der Waals surface area contributed by atoms with Crippen molar-refractivity contribution in [3.05, 3.63) is 22.7 Å². The first kappa shape index (κ1) is 26.5. The summed E-state index contributed by atoms with van der Waals surface area (Å²) in [5.41, 5.74) is 1.99. The average molecular weight is 534 g/mol. The van der Waals surface area contributed by atoms with Crippen LogP contribution >= 0.6 is 35.1 Å². The molecule has 0 radical (unpaired) electrons. The van der Waals surface area contributed by atoms with E-state index in [0.717, 1.165) is 12.3 Å². The van der Waals surface area contributed by atoms with E-state index < -0.39 is 65.7 Å². The standard InChI is InChI=1S/C10H16ClFN3O13P3/c11-3-10(4-25-30(21,22)28-31(23,24)27-29(18,19)20)7(16)6(12)8(26-10)15-2-1-5(13)14-9(15)17/h1-2,6-8,16H,3-4H2,(H,21,22)(H,23,24)(H2,13,14,17)(H2,18,19,20). The number of hydrogen-bond acceptors (Lipinski definition) is 11. The van der Waals surface area contributed by atoms with Gasteiger partial charge in [-0.2, -0.15) is 13.6 Å². The number of aliphatic hydroxyl groups is 1. The molecule has 0 aliphatic carbocycles. The number of ether oxygens (including phenoxy) is 1. The van der Waals surface area contributed by atoms with E-state index in [1.165, 1.54) is 0 Å². The van der Waals surface area contributed by atoms with Crippen molar-refractivity contribution >= 4 is 40.9 Å². The summed E-state index contributed by atoms with van der Waals surface area (Å²) in [5.74, 6) is -0.968. The summed E-state index contributed by atoms with van der Waals surface area (Å²) < 4.78 is 65.8. The second kappa shape index (κ2) is 9.23. The highest BCUT2D eigenvalue weighted by molar-refractivity contribution is 7.66. The van der Waals surface area contributed by atoms with Crippen molar-refractivity contribution in [3.63, 3.8) is 0 Å². The second-order valence-electron chi connectivity index (χ2n) is 6.00. The van der Waals surface area contributed by atoms with Crippen molar-refractivity contribution in [2.24, 2.45) is 0 Å². The molecule has 7 N–H and O–H groups in total. The summed E-state index contributed by atoms with van der Waals surface area (Å²) in [4.78, 5) is 50.9. The van der Waals surface area contributed by atoms with Gasteiger partial charge in [-0.1, -0.05) is 0 Å². The quantitative estimate of drug-likeness (QED) is 0.171. The summed E-state index contributed by atoms with van der Waals surface area (Å²) in [6, 6.07) is 1.12. The molecule has 1 aliphatic heterocycles. The van der Waals surface area contributed by atoms with Crippen LogP contribution in [-0.4, -0.2) is 64.6 Å². The molecule has 21 heteroatoms. The van der Waals surface area contributed by atoms with Gasteiger partial charge in [-0.15, -0.1) is 11.6 Å². The van der Waals surface area contributed by atoms with E-state index in [0.29, 0.717) is 4.57 Å². The molecule has 1 fully saturated rings. The maximum absolute atomic E-state index is 14.6. The maximum atomic E-state index is 14.6. The van der Waals surface area contributed by atoms with E-state index >= 15 is 0 Å². The van der Waals surface area contributed by atoms with Gasteiger partial charge in [0.2, 0.25) is 0 Å². The van der Waals surface area contributed by atoms with Crippen LogP contribution in [0.4, 0.5) is 10.2 Å². The van der Waals surface area contributed by atoms with Gasteiger partial charge in [0.05, 0.1) is 12.5 Å². The molecule has 0 aromatic carbocycles. The molecule has 6 unspecified atom stereocenters. The second-order valence-corrected chi connectivity index (χ2v) is 10.7. The van der Waals surface area contributed by atoms with Crippen molar-refractivity contribution < 1.29 is 60.6 Å².